The molecule has 1 heterocycles. The number of likely N-dealkylation sites (tertiary alicyclic amines) is 1. The summed E-state index contributed by atoms with van der Waals surface area (Å²) in [6.07, 6.45) is -4.55. The Morgan fingerprint density at radius 1 is 1.03 bits per heavy atom. The minimum absolute atomic E-state index is 0.0851. The van der Waals surface area contributed by atoms with Crippen LogP contribution in [0.2, 0.25) is 15.1 Å². The van der Waals surface area contributed by atoms with Gasteiger partial charge in [0.2, 0.25) is 0 Å². The van der Waals surface area contributed by atoms with Crippen LogP contribution < -0.4 is 9.46 Å². The number of nitrogens with one attached hydrogen (secondary N) is 1. The number of benzene rings is 3. The van der Waals surface area contributed by atoms with Crippen LogP contribution >= 0.6 is 46.6 Å². The SMILES string of the molecule is CN1CC[C@@H](Oc2cc(NS(=O)(=O)c3ccc(Sc4c(Cl)cccc4Cl)cc3Cl)ccc2C(F)(F)F)C1. The highest BCUT2D eigenvalue weighted by atomic mass is 35.5. The second kappa shape index (κ2) is 11.1. The predicted molar refractivity (Wildman–Crippen MR) is 141 cm³/mol. The number of anilines is 1. The summed E-state index contributed by atoms with van der Waals surface area (Å²) in [5, 5.41) is 0.770. The zero-order valence-electron chi connectivity index (χ0n) is 19.2. The lowest BCUT2D eigenvalue weighted by atomic mass is 10.1. The van der Waals surface area contributed by atoms with Gasteiger partial charge in [-0.1, -0.05) is 52.6 Å². The Bertz CT molecular complexity index is 1400. The van der Waals surface area contributed by atoms with Crippen LogP contribution in [-0.2, 0) is 16.2 Å². The lowest BCUT2D eigenvalue weighted by Gasteiger charge is -2.19. The van der Waals surface area contributed by atoms with E-state index in [1.807, 2.05) is 11.9 Å². The van der Waals surface area contributed by atoms with E-state index in [4.69, 9.17) is 39.5 Å². The molecule has 1 saturated heterocycles. The molecule has 0 unspecified atom stereocenters. The molecular formula is C24H20Cl3F3N2O3S2. The Kier molecular flexibility index (Phi) is 8.47. The molecule has 0 aromatic heterocycles. The van der Waals surface area contributed by atoms with Gasteiger partial charge in [-0.15, -0.1) is 0 Å². The van der Waals surface area contributed by atoms with Crippen LogP contribution in [0, 0.1) is 0 Å². The van der Waals surface area contributed by atoms with Crippen molar-refractivity contribution in [1.29, 1.82) is 0 Å². The molecule has 13 heteroatoms. The summed E-state index contributed by atoms with van der Waals surface area (Å²) < 4.78 is 74.8. The maximum absolute atomic E-state index is 13.6. The van der Waals surface area contributed by atoms with Crippen LogP contribution in [0.15, 0.2) is 69.3 Å². The molecule has 0 spiro atoms. The smallest absolute Gasteiger partial charge is 0.419 e. The van der Waals surface area contributed by atoms with Gasteiger partial charge in [-0.05, 0) is 55.9 Å². The van der Waals surface area contributed by atoms with E-state index in [1.54, 1.807) is 18.2 Å². The van der Waals surface area contributed by atoms with Crippen molar-refractivity contribution in [2.45, 2.75) is 33.4 Å². The third-order valence-electron chi connectivity index (χ3n) is 5.51. The van der Waals surface area contributed by atoms with Crippen molar-refractivity contribution in [2.75, 3.05) is 24.9 Å². The Labute approximate surface area is 231 Å². The summed E-state index contributed by atoms with van der Waals surface area (Å²) in [5.41, 5.74) is -1.07. The molecule has 0 saturated carbocycles. The molecule has 1 fully saturated rings. The number of alkyl halides is 3. The predicted octanol–water partition coefficient (Wildman–Crippen LogP) is 7.70. The number of hydrogen-bond acceptors (Lipinski definition) is 5. The third kappa shape index (κ3) is 6.79. The Morgan fingerprint density at radius 3 is 2.32 bits per heavy atom. The Morgan fingerprint density at radius 2 is 1.73 bits per heavy atom. The van der Waals surface area contributed by atoms with Crippen LogP contribution in [0.25, 0.3) is 0 Å². The molecule has 3 aromatic rings. The van der Waals surface area contributed by atoms with E-state index in [0.29, 0.717) is 39.3 Å². The van der Waals surface area contributed by atoms with E-state index in [1.165, 1.54) is 30.0 Å². The summed E-state index contributed by atoms with van der Waals surface area (Å²) in [5.74, 6) is -0.442. The van der Waals surface area contributed by atoms with Crippen LogP contribution in [0.5, 0.6) is 5.75 Å². The first kappa shape index (κ1) is 28.2. The number of rotatable bonds is 7. The molecule has 198 valence electrons. The summed E-state index contributed by atoms with van der Waals surface area (Å²) in [4.78, 5) is 2.87. The molecule has 0 amide bonds. The molecular weight excluding hydrogens is 592 g/mol. The number of hydrogen-bond donors (Lipinski definition) is 1. The number of likely N-dealkylation sites (N-methyl/N-ethyl adjacent to an activating group) is 1. The number of halogens is 6. The number of ether oxygens (including phenoxy) is 1. The fourth-order valence-corrected chi connectivity index (χ4v) is 6.93. The molecule has 0 bridgehead atoms. The number of nitrogens with zero attached hydrogens (tertiary/aromatic N) is 1. The van der Waals surface area contributed by atoms with Gasteiger partial charge in [-0.3, -0.25) is 4.72 Å². The number of sulfonamides is 1. The van der Waals surface area contributed by atoms with Crippen LogP contribution in [-0.4, -0.2) is 39.6 Å². The second-order valence-corrected chi connectivity index (χ2v) is 12.3. The van der Waals surface area contributed by atoms with Gasteiger partial charge < -0.3 is 9.64 Å². The average Bonchev–Trinajstić information content (AvgIpc) is 3.19. The normalized spacial score (nSPS) is 16.7. The monoisotopic (exact) mass is 610 g/mol. The first-order valence-corrected chi connectivity index (χ1v) is 14.3. The summed E-state index contributed by atoms with van der Waals surface area (Å²) in [6, 6.07) is 12.2. The average molecular weight is 612 g/mol. The first-order valence-electron chi connectivity index (χ1n) is 10.8. The van der Waals surface area contributed by atoms with E-state index in [2.05, 4.69) is 4.72 Å². The highest BCUT2D eigenvalue weighted by Crippen LogP contribution is 2.41. The maximum atomic E-state index is 13.6. The Balaban J connectivity index is 1.58. The fourth-order valence-electron chi connectivity index (χ4n) is 3.76. The van der Waals surface area contributed by atoms with Gasteiger partial charge in [0.15, 0.2) is 0 Å². The molecule has 37 heavy (non-hydrogen) atoms. The van der Waals surface area contributed by atoms with Crippen molar-refractivity contribution in [3.63, 3.8) is 0 Å². The third-order valence-corrected chi connectivity index (χ3v) is 9.36. The quantitative estimate of drug-likeness (QED) is 0.297. The molecule has 0 radical (unpaired) electrons. The van der Waals surface area contributed by atoms with E-state index < -0.39 is 33.6 Å². The largest absolute Gasteiger partial charge is 0.488 e. The van der Waals surface area contributed by atoms with Crippen molar-refractivity contribution in [3.8, 4) is 5.75 Å². The Hall–Kier alpha value is -1.82. The molecule has 0 aliphatic carbocycles. The molecule has 1 aliphatic rings. The van der Waals surface area contributed by atoms with E-state index in [-0.39, 0.29) is 15.6 Å². The molecule has 1 N–H and O–H groups in total. The van der Waals surface area contributed by atoms with Crippen molar-refractivity contribution >= 4 is 62.3 Å². The van der Waals surface area contributed by atoms with Crippen LogP contribution in [0.1, 0.15) is 12.0 Å². The van der Waals surface area contributed by atoms with Crippen molar-refractivity contribution in [1.82, 2.24) is 4.90 Å². The first-order chi connectivity index (χ1) is 17.3. The lowest BCUT2D eigenvalue weighted by Crippen LogP contribution is -2.23. The van der Waals surface area contributed by atoms with Crippen LogP contribution in [0.4, 0.5) is 18.9 Å². The van der Waals surface area contributed by atoms with Crippen molar-refractivity contribution in [3.05, 3.63) is 75.2 Å². The van der Waals surface area contributed by atoms with Gasteiger partial charge in [-0.2, -0.15) is 13.2 Å². The van der Waals surface area contributed by atoms with Gasteiger partial charge in [-0.25, -0.2) is 8.42 Å². The van der Waals surface area contributed by atoms with Gasteiger partial charge >= 0.3 is 6.18 Å². The minimum Gasteiger partial charge on any atom is -0.488 e. The van der Waals surface area contributed by atoms with Crippen molar-refractivity contribution in [2.24, 2.45) is 0 Å². The zero-order chi connectivity index (χ0) is 27.0. The summed E-state index contributed by atoms with van der Waals surface area (Å²) in [7, 11) is -2.40. The zero-order valence-corrected chi connectivity index (χ0v) is 23.1. The highest BCUT2D eigenvalue weighted by molar-refractivity contribution is 7.99. The highest BCUT2D eigenvalue weighted by Gasteiger charge is 2.36. The van der Waals surface area contributed by atoms with Gasteiger partial charge in [0.1, 0.15) is 16.7 Å². The van der Waals surface area contributed by atoms with Gasteiger partial charge in [0, 0.05) is 28.9 Å². The van der Waals surface area contributed by atoms with Gasteiger partial charge in [0.25, 0.3) is 10.0 Å². The lowest BCUT2D eigenvalue weighted by molar-refractivity contribution is -0.139. The topological polar surface area (TPSA) is 58.6 Å². The molecule has 3 aromatic carbocycles. The van der Waals surface area contributed by atoms with Crippen molar-refractivity contribution < 1.29 is 26.3 Å². The van der Waals surface area contributed by atoms with Gasteiger partial charge in [0.05, 0.1) is 26.3 Å². The molecule has 5 nitrogen and oxygen atoms in total. The summed E-state index contributed by atoms with van der Waals surface area (Å²) >= 11 is 19.9. The van der Waals surface area contributed by atoms with E-state index >= 15 is 0 Å². The standard InChI is InChI=1S/C24H20Cl3F3N2O3S2/c1-32-10-9-15(13-32)35-21-11-14(5-7-17(21)24(28,29)30)31-37(33,34)22-8-6-16(12-20(22)27)36-23-18(25)3-2-4-19(23)26/h2-8,11-12,15,31H,9-10,13H2,1H3/t15-/m1/s1. The summed E-state index contributed by atoms with van der Waals surface area (Å²) in [6.45, 7) is 1.15. The maximum Gasteiger partial charge on any atom is 0.419 e. The second-order valence-electron chi connectivity index (χ2n) is 8.35. The minimum atomic E-state index is -4.67. The molecule has 4 rings (SSSR count). The van der Waals surface area contributed by atoms with Crippen LogP contribution in [0.3, 0.4) is 0 Å². The fraction of sp³-hybridized carbons (Fsp3) is 0.250. The van der Waals surface area contributed by atoms with E-state index in [0.717, 1.165) is 18.2 Å². The van der Waals surface area contributed by atoms with E-state index in [9.17, 15) is 21.6 Å². The molecule has 1 atom stereocenters. The molecule has 1 aliphatic heterocycles.